The van der Waals surface area contributed by atoms with Gasteiger partial charge in [-0.2, -0.15) is 0 Å². The number of halogens is 2. The Morgan fingerprint density at radius 3 is 2.56 bits per heavy atom. The third-order valence-electron chi connectivity index (χ3n) is 2.69. The molecule has 0 radical (unpaired) electrons. The summed E-state index contributed by atoms with van der Waals surface area (Å²) in [5, 5.41) is 11.0. The third-order valence-corrected chi connectivity index (χ3v) is 3.52. The molecular formula is C14H12BrClO2. The first-order chi connectivity index (χ1) is 8.63. The van der Waals surface area contributed by atoms with Crippen LogP contribution >= 0.6 is 27.5 Å². The molecular weight excluding hydrogens is 316 g/mol. The number of aliphatic hydroxyl groups excluding tert-OH is 1. The zero-order valence-corrected chi connectivity index (χ0v) is 12.1. The molecule has 2 aromatic carbocycles. The fraction of sp³-hybridized carbons (Fsp3) is 0.143. The van der Waals surface area contributed by atoms with E-state index >= 15 is 0 Å². The summed E-state index contributed by atoms with van der Waals surface area (Å²) in [4.78, 5) is 0. The van der Waals surface area contributed by atoms with Crippen LogP contribution < -0.4 is 4.74 Å². The second-order valence-corrected chi connectivity index (χ2v) is 5.13. The van der Waals surface area contributed by atoms with Crippen LogP contribution in [0.25, 0.3) is 0 Å². The van der Waals surface area contributed by atoms with E-state index in [1.807, 2.05) is 24.3 Å². The summed E-state index contributed by atoms with van der Waals surface area (Å²) < 4.78 is 6.14. The van der Waals surface area contributed by atoms with Crippen LogP contribution in [-0.4, -0.2) is 12.2 Å². The first-order valence-corrected chi connectivity index (χ1v) is 6.56. The average molecular weight is 328 g/mol. The van der Waals surface area contributed by atoms with Crippen LogP contribution in [0.15, 0.2) is 46.9 Å². The van der Waals surface area contributed by atoms with E-state index in [0.717, 1.165) is 4.47 Å². The van der Waals surface area contributed by atoms with Crippen LogP contribution in [0, 0.1) is 0 Å². The fourth-order valence-corrected chi connectivity index (χ4v) is 2.40. The molecule has 0 heterocycles. The molecule has 1 N–H and O–H groups in total. The highest BCUT2D eigenvalue weighted by Crippen LogP contribution is 2.34. The molecule has 0 fully saturated rings. The Morgan fingerprint density at radius 1 is 1.17 bits per heavy atom. The van der Waals surface area contributed by atoms with Crippen LogP contribution in [0.1, 0.15) is 17.2 Å². The predicted molar refractivity (Wildman–Crippen MR) is 76.2 cm³/mol. The second kappa shape index (κ2) is 5.74. The third kappa shape index (κ3) is 2.69. The quantitative estimate of drug-likeness (QED) is 0.916. The van der Waals surface area contributed by atoms with E-state index in [0.29, 0.717) is 21.9 Å². The zero-order chi connectivity index (χ0) is 13.1. The average Bonchev–Trinajstić information content (AvgIpc) is 2.38. The lowest BCUT2D eigenvalue weighted by Crippen LogP contribution is -2.03. The van der Waals surface area contributed by atoms with Crippen molar-refractivity contribution in [1.82, 2.24) is 0 Å². The molecule has 0 amide bonds. The molecule has 18 heavy (non-hydrogen) atoms. The number of benzene rings is 2. The van der Waals surface area contributed by atoms with Gasteiger partial charge >= 0.3 is 0 Å². The van der Waals surface area contributed by atoms with Crippen molar-refractivity contribution in [3.05, 3.63) is 63.1 Å². The minimum absolute atomic E-state index is 0.534. The maximum atomic E-state index is 10.4. The molecule has 0 saturated heterocycles. The van der Waals surface area contributed by atoms with Crippen LogP contribution in [0.2, 0.25) is 5.02 Å². The molecule has 1 unspecified atom stereocenters. The molecule has 0 aromatic heterocycles. The van der Waals surface area contributed by atoms with E-state index in [4.69, 9.17) is 16.3 Å². The van der Waals surface area contributed by atoms with Crippen LogP contribution in [-0.2, 0) is 0 Å². The maximum Gasteiger partial charge on any atom is 0.125 e. The molecule has 2 rings (SSSR count). The van der Waals surface area contributed by atoms with E-state index < -0.39 is 6.10 Å². The Morgan fingerprint density at radius 2 is 1.89 bits per heavy atom. The summed E-state index contributed by atoms with van der Waals surface area (Å²) in [6.45, 7) is 0. The molecule has 0 aliphatic heterocycles. The van der Waals surface area contributed by atoms with E-state index in [2.05, 4.69) is 15.9 Å². The molecule has 2 aromatic rings. The molecule has 0 saturated carbocycles. The van der Waals surface area contributed by atoms with Crippen molar-refractivity contribution in [3.8, 4) is 5.75 Å². The van der Waals surface area contributed by atoms with Gasteiger partial charge in [0.05, 0.1) is 7.11 Å². The van der Waals surface area contributed by atoms with Crippen LogP contribution in [0.3, 0.4) is 0 Å². The largest absolute Gasteiger partial charge is 0.496 e. The van der Waals surface area contributed by atoms with Crippen molar-refractivity contribution in [2.75, 3.05) is 7.11 Å². The lowest BCUT2D eigenvalue weighted by Gasteiger charge is -2.16. The summed E-state index contributed by atoms with van der Waals surface area (Å²) in [5.41, 5.74) is 1.34. The topological polar surface area (TPSA) is 29.5 Å². The Kier molecular flexibility index (Phi) is 4.27. The molecule has 0 spiro atoms. The highest BCUT2D eigenvalue weighted by Gasteiger charge is 2.17. The molecule has 0 aliphatic rings. The summed E-state index contributed by atoms with van der Waals surface area (Å²) in [6, 6.07) is 12.7. The van der Waals surface area contributed by atoms with Gasteiger partial charge in [-0.15, -0.1) is 0 Å². The summed E-state index contributed by atoms with van der Waals surface area (Å²) in [7, 11) is 1.58. The standard InChI is InChI=1S/C14H12BrClO2/c1-18-13-7-6-9(15)8-11(13)14(17)10-4-2-3-5-12(10)16/h2-8,14,17H,1H3. The first-order valence-electron chi connectivity index (χ1n) is 5.39. The summed E-state index contributed by atoms with van der Waals surface area (Å²) in [5.74, 6) is 0.630. The minimum atomic E-state index is -0.814. The lowest BCUT2D eigenvalue weighted by molar-refractivity contribution is 0.215. The van der Waals surface area contributed by atoms with Crippen molar-refractivity contribution in [2.24, 2.45) is 0 Å². The minimum Gasteiger partial charge on any atom is -0.496 e. The van der Waals surface area contributed by atoms with Crippen molar-refractivity contribution >= 4 is 27.5 Å². The van der Waals surface area contributed by atoms with E-state index in [-0.39, 0.29) is 0 Å². The molecule has 2 nitrogen and oxygen atoms in total. The van der Waals surface area contributed by atoms with E-state index in [9.17, 15) is 5.11 Å². The van der Waals surface area contributed by atoms with Gasteiger partial charge in [0.25, 0.3) is 0 Å². The Hall–Kier alpha value is -1.03. The number of hydrogen-bond acceptors (Lipinski definition) is 2. The first kappa shape index (κ1) is 13.4. The number of ether oxygens (including phenoxy) is 1. The van der Waals surface area contributed by atoms with E-state index in [1.165, 1.54) is 0 Å². The Labute approximate surface area is 119 Å². The summed E-state index contributed by atoms with van der Waals surface area (Å²) >= 11 is 9.48. The van der Waals surface area contributed by atoms with Crippen molar-refractivity contribution in [2.45, 2.75) is 6.10 Å². The number of hydrogen-bond donors (Lipinski definition) is 1. The van der Waals surface area contributed by atoms with Gasteiger partial charge in [0.1, 0.15) is 11.9 Å². The maximum absolute atomic E-state index is 10.4. The Bertz CT molecular complexity index is 557. The van der Waals surface area contributed by atoms with Crippen LogP contribution in [0.4, 0.5) is 0 Å². The van der Waals surface area contributed by atoms with Gasteiger partial charge in [-0.1, -0.05) is 45.7 Å². The number of methoxy groups -OCH3 is 1. The van der Waals surface area contributed by atoms with Crippen molar-refractivity contribution in [1.29, 1.82) is 0 Å². The van der Waals surface area contributed by atoms with Crippen LogP contribution in [0.5, 0.6) is 5.75 Å². The van der Waals surface area contributed by atoms with E-state index in [1.54, 1.807) is 25.3 Å². The van der Waals surface area contributed by atoms with Gasteiger partial charge in [0.15, 0.2) is 0 Å². The van der Waals surface area contributed by atoms with Gasteiger partial charge in [-0.3, -0.25) is 0 Å². The highest BCUT2D eigenvalue weighted by molar-refractivity contribution is 9.10. The van der Waals surface area contributed by atoms with Gasteiger partial charge in [-0.25, -0.2) is 0 Å². The molecule has 4 heteroatoms. The van der Waals surface area contributed by atoms with Gasteiger partial charge in [0, 0.05) is 20.6 Å². The van der Waals surface area contributed by atoms with Crippen molar-refractivity contribution < 1.29 is 9.84 Å². The zero-order valence-electron chi connectivity index (χ0n) is 9.73. The molecule has 94 valence electrons. The molecule has 0 bridgehead atoms. The fourth-order valence-electron chi connectivity index (χ4n) is 1.78. The number of rotatable bonds is 3. The highest BCUT2D eigenvalue weighted by atomic mass is 79.9. The SMILES string of the molecule is COc1ccc(Br)cc1C(O)c1ccccc1Cl. The monoisotopic (exact) mass is 326 g/mol. The molecule has 1 atom stereocenters. The van der Waals surface area contributed by atoms with Gasteiger partial charge in [-0.05, 0) is 24.3 Å². The van der Waals surface area contributed by atoms with Crippen molar-refractivity contribution in [3.63, 3.8) is 0 Å². The number of aliphatic hydroxyl groups is 1. The smallest absolute Gasteiger partial charge is 0.125 e. The second-order valence-electron chi connectivity index (χ2n) is 3.81. The lowest BCUT2D eigenvalue weighted by atomic mass is 10.0. The van der Waals surface area contributed by atoms with Gasteiger partial charge in [0.2, 0.25) is 0 Å². The normalized spacial score (nSPS) is 12.2. The summed E-state index contributed by atoms with van der Waals surface area (Å²) in [6.07, 6.45) is -0.814. The van der Waals surface area contributed by atoms with Gasteiger partial charge < -0.3 is 9.84 Å². The predicted octanol–water partition coefficient (Wildman–Crippen LogP) is 4.19. The Balaban J connectivity index is 2.48. The molecule has 0 aliphatic carbocycles.